The highest BCUT2D eigenvalue weighted by Gasteiger charge is 2.18. The predicted octanol–water partition coefficient (Wildman–Crippen LogP) is 3.84. The van der Waals surface area contributed by atoms with Crippen molar-refractivity contribution in [2.75, 3.05) is 19.5 Å². The van der Waals surface area contributed by atoms with Crippen molar-refractivity contribution in [3.8, 4) is 11.5 Å². The number of aromatic nitrogens is 1. The van der Waals surface area contributed by atoms with E-state index in [1.54, 1.807) is 30.5 Å². The Bertz CT molecular complexity index is 1090. The van der Waals surface area contributed by atoms with E-state index in [2.05, 4.69) is 10.3 Å². The topological polar surface area (TPSA) is 86.8 Å². The van der Waals surface area contributed by atoms with Crippen molar-refractivity contribution in [3.63, 3.8) is 0 Å². The van der Waals surface area contributed by atoms with Crippen LogP contribution in [0.4, 0.5) is 5.69 Å². The lowest BCUT2D eigenvalue weighted by Crippen LogP contribution is -2.29. The zero-order chi connectivity index (χ0) is 21.5. The van der Waals surface area contributed by atoms with Crippen molar-refractivity contribution < 1.29 is 23.8 Å². The van der Waals surface area contributed by atoms with E-state index < -0.39 is 18.0 Å². The average Bonchev–Trinajstić information content (AvgIpc) is 2.77. The minimum Gasteiger partial charge on any atom is -0.497 e. The third kappa shape index (κ3) is 4.94. The van der Waals surface area contributed by atoms with E-state index in [1.165, 1.54) is 27.2 Å². The Kier molecular flexibility index (Phi) is 6.64. The number of methoxy groups -OCH3 is 2. The number of nitrogens with one attached hydrogen (secondary N) is 1. The van der Waals surface area contributed by atoms with E-state index in [0.29, 0.717) is 17.2 Å². The molecule has 0 aliphatic rings. The summed E-state index contributed by atoms with van der Waals surface area (Å²) in [5.41, 5.74) is 1.98. The fourth-order valence-corrected chi connectivity index (χ4v) is 2.83. The molecule has 1 aromatic heterocycles. The van der Waals surface area contributed by atoms with Gasteiger partial charge in [-0.3, -0.25) is 9.78 Å². The molecule has 0 saturated heterocycles. The molecular weight excluding hydrogens is 384 g/mol. The van der Waals surface area contributed by atoms with Gasteiger partial charge in [0, 0.05) is 29.3 Å². The van der Waals surface area contributed by atoms with Gasteiger partial charge in [-0.05, 0) is 31.2 Å². The number of amides is 1. The van der Waals surface area contributed by atoms with Crippen molar-refractivity contribution >= 4 is 34.5 Å². The van der Waals surface area contributed by atoms with Crippen molar-refractivity contribution in [1.82, 2.24) is 4.98 Å². The molecule has 0 fully saturated rings. The van der Waals surface area contributed by atoms with E-state index in [1.807, 2.05) is 30.3 Å². The second kappa shape index (κ2) is 9.56. The number of benzene rings is 2. The molecule has 1 heterocycles. The lowest BCUT2D eigenvalue weighted by Gasteiger charge is -2.15. The lowest BCUT2D eigenvalue weighted by atomic mass is 10.1. The predicted molar refractivity (Wildman–Crippen MR) is 115 cm³/mol. The number of rotatable bonds is 7. The average molecular weight is 406 g/mol. The number of hydrogen-bond acceptors (Lipinski definition) is 6. The van der Waals surface area contributed by atoms with Crippen molar-refractivity contribution in [2.45, 2.75) is 13.0 Å². The fraction of sp³-hybridized carbons (Fsp3) is 0.174. The Morgan fingerprint density at radius 1 is 1.07 bits per heavy atom. The van der Waals surface area contributed by atoms with Crippen LogP contribution in [0, 0.1) is 0 Å². The molecule has 2 aromatic carbocycles. The summed E-state index contributed by atoms with van der Waals surface area (Å²) in [7, 11) is 3.02. The Labute approximate surface area is 174 Å². The van der Waals surface area contributed by atoms with Gasteiger partial charge in [-0.25, -0.2) is 4.79 Å². The second-order valence-electron chi connectivity index (χ2n) is 6.39. The first kappa shape index (κ1) is 20.9. The van der Waals surface area contributed by atoms with E-state index >= 15 is 0 Å². The van der Waals surface area contributed by atoms with Crippen LogP contribution in [0.1, 0.15) is 12.5 Å². The molecule has 30 heavy (non-hydrogen) atoms. The zero-order valence-corrected chi connectivity index (χ0v) is 16.9. The summed E-state index contributed by atoms with van der Waals surface area (Å²) in [6.07, 6.45) is 3.58. The minimum absolute atomic E-state index is 0.419. The molecule has 7 nitrogen and oxygen atoms in total. The molecule has 0 spiro atoms. The van der Waals surface area contributed by atoms with Crippen LogP contribution in [0.3, 0.4) is 0 Å². The summed E-state index contributed by atoms with van der Waals surface area (Å²) >= 11 is 0. The highest BCUT2D eigenvalue weighted by atomic mass is 16.5. The largest absolute Gasteiger partial charge is 0.497 e. The number of pyridine rings is 1. The number of carbonyl (C=O) groups excluding carboxylic acids is 2. The smallest absolute Gasteiger partial charge is 0.331 e. The summed E-state index contributed by atoms with van der Waals surface area (Å²) in [5.74, 6) is -0.105. The van der Waals surface area contributed by atoms with Gasteiger partial charge in [0.1, 0.15) is 11.5 Å². The highest BCUT2D eigenvalue weighted by Crippen LogP contribution is 2.29. The molecule has 3 rings (SSSR count). The Hall–Kier alpha value is -3.87. The molecule has 0 saturated carbocycles. The zero-order valence-electron chi connectivity index (χ0n) is 16.9. The summed E-state index contributed by atoms with van der Waals surface area (Å²) in [6.45, 7) is 1.49. The van der Waals surface area contributed by atoms with Crippen LogP contribution in [-0.2, 0) is 14.3 Å². The van der Waals surface area contributed by atoms with Crippen LogP contribution in [0.2, 0.25) is 0 Å². The number of ether oxygens (including phenoxy) is 3. The van der Waals surface area contributed by atoms with E-state index in [9.17, 15) is 9.59 Å². The summed E-state index contributed by atoms with van der Waals surface area (Å²) in [5, 5.41) is 3.65. The van der Waals surface area contributed by atoms with Crippen LogP contribution in [0.25, 0.3) is 17.0 Å². The third-order valence-electron chi connectivity index (χ3n) is 4.39. The van der Waals surface area contributed by atoms with Crippen LogP contribution >= 0.6 is 0 Å². The Morgan fingerprint density at radius 3 is 2.63 bits per heavy atom. The first-order chi connectivity index (χ1) is 14.5. The molecule has 1 unspecified atom stereocenters. The number of anilines is 1. The summed E-state index contributed by atoms with van der Waals surface area (Å²) in [6, 6.07) is 14.5. The standard InChI is InChI=1S/C23H22N2O5/c1-15(23(27)25-19-14-18(28-2)10-11-20(19)29-3)30-21(26)12-9-17-7-4-6-16-8-5-13-24-22(16)17/h4-15H,1-3H3,(H,25,27)/b12-9+. The number of para-hydroxylation sites is 1. The number of esters is 1. The van der Waals surface area contributed by atoms with Gasteiger partial charge in [-0.15, -0.1) is 0 Å². The van der Waals surface area contributed by atoms with E-state index in [4.69, 9.17) is 14.2 Å². The summed E-state index contributed by atoms with van der Waals surface area (Å²) < 4.78 is 15.6. The van der Waals surface area contributed by atoms with Gasteiger partial charge in [0.25, 0.3) is 5.91 Å². The van der Waals surface area contributed by atoms with Crippen LogP contribution in [0.15, 0.2) is 60.8 Å². The maximum atomic E-state index is 12.4. The molecule has 0 bridgehead atoms. The van der Waals surface area contributed by atoms with Crippen molar-refractivity contribution in [3.05, 3.63) is 66.4 Å². The molecule has 1 N–H and O–H groups in total. The third-order valence-corrected chi connectivity index (χ3v) is 4.39. The molecule has 0 radical (unpaired) electrons. The van der Waals surface area contributed by atoms with Gasteiger partial charge >= 0.3 is 5.97 Å². The van der Waals surface area contributed by atoms with Gasteiger partial charge in [0.2, 0.25) is 0 Å². The number of hydrogen-bond donors (Lipinski definition) is 1. The van der Waals surface area contributed by atoms with Gasteiger partial charge in [0.05, 0.1) is 25.4 Å². The molecule has 154 valence electrons. The number of carbonyl (C=O) groups is 2. The summed E-state index contributed by atoms with van der Waals surface area (Å²) in [4.78, 5) is 29.0. The molecular formula is C23H22N2O5. The van der Waals surface area contributed by atoms with Crippen LogP contribution < -0.4 is 14.8 Å². The fourth-order valence-electron chi connectivity index (χ4n) is 2.83. The monoisotopic (exact) mass is 406 g/mol. The second-order valence-corrected chi connectivity index (χ2v) is 6.39. The lowest BCUT2D eigenvalue weighted by molar-refractivity contribution is -0.148. The van der Waals surface area contributed by atoms with Crippen molar-refractivity contribution in [1.29, 1.82) is 0 Å². The van der Waals surface area contributed by atoms with Gasteiger partial charge < -0.3 is 19.5 Å². The first-order valence-electron chi connectivity index (χ1n) is 9.27. The molecule has 1 amide bonds. The van der Waals surface area contributed by atoms with Crippen LogP contribution in [0.5, 0.6) is 11.5 Å². The molecule has 0 aliphatic heterocycles. The van der Waals surface area contributed by atoms with Crippen LogP contribution in [-0.4, -0.2) is 37.2 Å². The maximum absolute atomic E-state index is 12.4. The Balaban J connectivity index is 1.65. The van der Waals surface area contributed by atoms with Gasteiger partial charge in [-0.2, -0.15) is 0 Å². The van der Waals surface area contributed by atoms with Crippen molar-refractivity contribution in [2.24, 2.45) is 0 Å². The molecule has 3 aromatic rings. The highest BCUT2D eigenvalue weighted by molar-refractivity contribution is 5.98. The van der Waals surface area contributed by atoms with E-state index in [0.717, 1.165) is 16.5 Å². The van der Waals surface area contributed by atoms with Gasteiger partial charge in [-0.1, -0.05) is 24.3 Å². The maximum Gasteiger partial charge on any atom is 0.331 e. The quantitative estimate of drug-likeness (QED) is 0.474. The normalized spacial score (nSPS) is 11.8. The number of nitrogens with zero attached hydrogens (tertiary/aromatic N) is 1. The SMILES string of the molecule is COc1ccc(OC)c(NC(=O)C(C)OC(=O)/C=C/c2cccc3cccnc23)c1. The van der Waals surface area contributed by atoms with Gasteiger partial charge in [0.15, 0.2) is 6.10 Å². The minimum atomic E-state index is -1.01. The Morgan fingerprint density at radius 2 is 1.87 bits per heavy atom. The molecule has 7 heteroatoms. The number of fused-ring (bicyclic) bond motifs is 1. The van der Waals surface area contributed by atoms with E-state index in [-0.39, 0.29) is 0 Å². The first-order valence-corrected chi connectivity index (χ1v) is 9.27. The molecule has 1 atom stereocenters. The molecule has 0 aliphatic carbocycles.